The maximum Gasteiger partial charge on any atom is 0.257 e. The minimum atomic E-state index is -0.269. The highest BCUT2D eigenvalue weighted by Gasteiger charge is 2.24. The fraction of sp³-hybridized carbons (Fsp3) is 0.179. The molecule has 0 aliphatic carbocycles. The van der Waals surface area contributed by atoms with Crippen molar-refractivity contribution >= 4 is 33.9 Å². The molecule has 0 aliphatic heterocycles. The molecule has 2 aromatic heterocycles. The lowest BCUT2D eigenvalue weighted by atomic mass is 10.1. The van der Waals surface area contributed by atoms with Gasteiger partial charge in [-0.15, -0.1) is 0 Å². The van der Waals surface area contributed by atoms with Crippen LogP contribution in [0.25, 0.3) is 27.9 Å². The van der Waals surface area contributed by atoms with Gasteiger partial charge in [-0.2, -0.15) is 0 Å². The Balaban J connectivity index is 1.52. The van der Waals surface area contributed by atoms with E-state index in [1.807, 2.05) is 65.2 Å². The summed E-state index contributed by atoms with van der Waals surface area (Å²) in [4.78, 5) is 23.0. The SMILES string of the molecule is CCc1ccc(-n2c(N)c(C(=O)NCCc3ccc(OC)cc3)c3nc4ccccc4nc32)cc1. The van der Waals surface area contributed by atoms with Gasteiger partial charge in [-0.05, 0) is 60.4 Å². The van der Waals surface area contributed by atoms with Gasteiger partial charge in [-0.1, -0.05) is 43.3 Å². The van der Waals surface area contributed by atoms with Crippen LogP contribution in [-0.2, 0) is 12.8 Å². The van der Waals surface area contributed by atoms with Crippen LogP contribution in [0.15, 0.2) is 72.8 Å². The number of nitrogen functional groups attached to an aromatic ring is 1. The number of amides is 1. The normalized spacial score (nSPS) is 11.1. The van der Waals surface area contributed by atoms with Crippen molar-refractivity contribution in [2.24, 2.45) is 0 Å². The Hall–Kier alpha value is -4.39. The summed E-state index contributed by atoms with van der Waals surface area (Å²) in [5, 5.41) is 3.01. The van der Waals surface area contributed by atoms with Crippen LogP contribution in [0.4, 0.5) is 5.82 Å². The summed E-state index contributed by atoms with van der Waals surface area (Å²) in [7, 11) is 1.64. The van der Waals surface area contributed by atoms with Crippen LogP contribution in [0.1, 0.15) is 28.4 Å². The van der Waals surface area contributed by atoms with Crippen LogP contribution in [0.3, 0.4) is 0 Å². The summed E-state index contributed by atoms with van der Waals surface area (Å²) in [6, 6.07) is 23.5. The summed E-state index contributed by atoms with van der Waals surface area (Å²) >= 11 is 0. The van der Waals surface area contributed by atoms with E-state index in [9.17, 15) is 4.79 Å². The van der Waals surface area contributed by atoms with E-state index >= 15 is 0 Å². The maximum atomic E-state index is 13.4. The Kier molecular flexibility index (Phi) is 6.06. The highest BCUT2D eigenvalue weighted by atomic mass is 16.5. The first-order valence-corrected chi connectivity index (χ1v) is 11.7. The van der Waals surface area contributed by atoms with Gasteiger partial charge in [0.05, 0.1) is 18.1 Å². The fourth-order valence-electron chi connectivity index (χ4n) is 4.23. The molecule has 5 rings (SSSR count). The van der Waals surface area contributed by atoms with Crippen LogP contribution < -0.4 is 15.8 Å². The van der Waals surface area contributed by atoms with E-state index in [2.05, 4.69) is 24.4 Å². The second-order valence-electron chi connectivity index (χ2n) is 8.35. The monoisotopic (exact) mass is 465 g/mol. The molecule has 0 bridgehead atoms. The highest BCUT2D eigenvalue weighted by Crippen LogP contribution is 2.31. The van der Waals surface area contributed by atoms with Crippen LogP contribution >= 0.6 is 0 Å². The molecule has 7 nitrogen and oxygen atoms in total. The molecule has 35 heavy (non-hydrogen) atoms. The van der Waals surface area contributed by atoms with E-state index in [1.54, 1.807) is 7.11 Å². The second-order valence-corrected chi connectivity index (χ2v) is 8.35. The van der Waals surface area contributed by atoms with Gasteiger partial charge >= 0.3 is 0 Å². The molecular formula is C28H27N5O2. The third-order valence-electron chi connectivity index (χ3n) is 6.19. The van der Waals surface area contributed by atoms with Crippen LogP contribution in [0, 0.1) is 0 Å². The van der Waals surface area contributed by atoms with Gasteiger partial charge in [-0.25, -0.2) is 9.97 Å². The van der Waals surface area contributed by atoms with E-state index in [-0.39, 0.29) is 5.91 Å². The molecule has 5 aromatic rings. The zero-order chi connectivity index (χ0) is 24.4. The van der Waals surface area contributed by atoms with Crippen molar-refractivity contribution in [2.45, 2.75) is 19.8 Å². The Bertz CT molecular complexity index is 1510. The van der Waals surface area contributed by atoms with Crippen molar-refractivity contribution in [3.8, 4) is 11.4 Å². The number of benzene rings is 3. The fourth-order valence-corrected chi connectivity index (χ4v) is 4.23. The van der Waals surface area contributed by atoms with Crippen molar-refractivity contribution < 1.29 is 9.53 Å². The molecule has 0 atom stereocenters. The Morgan fingerprint density at radius 1 is 0.943 bits per heavy atom. The number of methoxy groups -OCH3 is 1. The molecule has 0 fully saturated rings. The maximum absolute atomic E-state index is 13.4. The summed E-state index contributed by atoms with van der Waals surface area (Å²) in [5.74, 6) is 0.854. The Morgan fingerprint density at radius 3 is 2.26 bits per heavy atom. The number of rotatable bonds is 7. The number of hydrogen-bond acceptors (Lipinski definition) is 5. The number of para-hydroxylation sites is 2. The number of nitrogens with two attached hydrogens (primary N) is 1. The molecule has 1 amide bonds. The van der Waals surface area contributed by atoms with Gasteiger partial charge in [0.25, 0.3) is 5.91 Å². The van der Waals surface area contributed by atoms with Crippen molar-refractivity contribution in [3.63, 3.8) is 0 Å². The lowest BCUT2D eigenvalue weighted by molar-refractivity contribution is 0.0956. The molecule has 0 spiro atoms. The minimum Gasteiger partial charge on any atom is -0.497 e. The largest absolute Gasteiger partial charge is 0.497 e. The lowest BCUT2D eigenvalue weighted by Gasteiger charge is -2.09. The quantitative estimate of drug-likeness (QED) is 0.363. The summed E-state index contributed by atoms with van der Waals surface area (Å²) in [6.45, 7) is 2.57. The third kappa shape index (κ3) is 4.28. The number of nitrogens with zero attached hydrogens (tertiary/aromatic N) is 3. The second kappa shape index (κ2) is 9.46. The van der Waals surface area contributed by atoms with Gasteiger partial charge in [0.1, 0.15) is 22.6 Å². The molecule has 7 heteroatoms. The topological polar surface area (TPSA) is 95.1 Å². The number of hydrogen-bond donors (Lipinski definition) is 2. The van der Waals surface area contributed by atoms with Crippen molar-refractivity contribution in [2.75, 3.05) is 19.4 Å². The average Bonchev–Trinajstić information content (AvgIpc) is 3.18. The molecular weight excluding hydrogens is 438 g/mol. The molecule has 2 heterocycles. The van der Waals surface area contributed by atoms with Crippen molar-refractivity contribution in [1.82, 2.24) is 19.9 Å². The molecule has 3 aromatic carbocycles. The van der Waals surface area contributed by atoms with Crippen molar-refractivity contribution in [1.29, 1.82) is 0 Å². The number of carbonyl (C=O) groups is 1. The Morgan fingerprint density at radius 2 is 1.60 bits per heavy atom. The Labute approximate surface area is 203 Å². The van der Waals surface area contributed by atoms with Gasteiger partial charge < -0.3 is 15.8 Å². The number of aromatic nitrogens is 3. The minimum absolute atomic E-state index is 0.269. The lowest BCUT2D eigenvalue weighted by Crippen LogP contribution is -2.26. The average molecular weight is 466 g/mol. The molecule has 0 radical (unpaired) electrons. The molecule has 0 saturated carbocycles. The summed E-state index contributed by atoms with van der Waals surface area (Å²) in [5.41, 5.74) is 12.6. The zero-order valence-corrected chi connectivity index (χ0v) is 19.8. The van der Waals surface area contributed by atoms with E-state index in [0.29, 0.717) is 41.0 Å². The molecule has 0 aliphatic rings. The van der Waals surface area contributed by atoms with Crippen LogP contribution in [-0.4, -0.2) is 34.1 Å². The van der Waals surface area contributed by atoms with Gasteiger partial charge in [0.2, 0.25) is 0 Å². The molecule has 0 saturated heterocycles. The molecule has 3 N–H and O–H groups in total. The molecule has 176 valence electrons. The number of nitrogens with one attached hydrogen (secondary N) is 1. The number of anilines is 1. The standard InChI is InChI=1S/C28H27N5O2/c1-3-18-8-12-20(13-9-18)33-26(29)24(25-27(33)32-23-7-5-4-6-22(23)31-25)28(34)30-17-16-19-10-14-21(35-2)15-11-19/h4-15H,3,16-17,29H2,1-2H3,(H,30,34). The highest BCUT2D eigenvalue weighted by molar-refractivity contribution is 6.11. The third-order valence-corrected chi connectivity index (χ3v) is 6.19. The van der Waals surface area contributed by atoms with Crippen LogP contribution in [0.2, 0.25) is 0 Å². The number of aryl methyl sites for hydroxylation is 1. The van der Waals surface area contributed by atoms with Gasteiger partial charge in [-0.3, -0.25) is 9.36 Å². The summed E-state index contributed by atoms with van der Waals surface area (Å²) < 4.78 is 7.02. The predicted octanol–water partition coefficient (Wildman–Crippen LogP) is 4.70. The number of ether oxygens (including phenoxy) is 1. The van der Waals surface area contributed by atoms with E-state index in [1.165, 1.54) is 5.56 Å². The number of carbonyl (C=O) groups excluding carboxylic acids is 1. The van der Waals surface area contributed by atoms with Crippen LogP contribution in [0.5, 0.6) is 5.75 Å². The first-order chi connectivity index (χ1) is 17.1. The van der Waals surface area contributed by atoms with Gasteiger partial charge in [0, 0.05) is 12.2 Å². The number of fused-ring (bicyclic) bond motifs is 2. The van der Waals surface area contributed by atoms with Crippen molar-refractivity contribution in [3.05, 3.63) is 89.5 Å². The zero-order valence-electron chi connectivity index (χ0n) is 19.8. The van der Waals surface area contributed by atoms with Gasteiger partial charge in [0.15, 0.2) is 5.65 Å². The molecule has 0 unspecified atom stereocenters. The smallest absolute Gasteiger partial charge is 0.257 e. The van der Waals surface area contributed by atoms with E-state index in [4.69, 9.17) is 20.4 Å². The first-order valence-electron chi connectivity index (χ1n) is 11.7. The predicted molar refractivity (Wildman–Crippen MR) is 139 cm³/mol. The summed E-state index contributed by atoms with van der Waals surface area (Å²) in [6.07, 6.45) is 1.62. The van der Waals surface area contributed by atoms with E-state index < -0.39 is 0 Å². The van der Waals surface area contributed by atoms with E-state index in [0.717, 1.165) is 28.9 Å². The first kappa shape index (κ1) is 22.4.